The number of esters is 1. The molecule has 7 unspecified atom stereocenters. The number of rotatable bonds is 12. The molecular formula is C50H84N2O7. The number of fused-ring (bicyclic) bond motifs is 7. The Morgan fingerprint density at radius 1 is 0.780 bits per heavy atom. The van der Waals surface area contributed by atoms with Crippen LogP contribution >= 0.6 is 0 Å². The van der Waals surface area contributed by atoms with Gasteiger partial charge in [0.05, 0.1) is 36.6 Å². The van der Waals surface area contributed by atoms with Crippen molar-refractivity contribution in [3.63, 3.8) is 0 Å². The van der Waals surface area contributed by atoms with Crippen molar-refractivity contribution in [1.29, 1.82) is 0 Å². The summed E-state index contributed by atoms with van der Waals surface area (Å²) in [6, 6.07) is 0. The Labute approximate surface area is 358 Å². The molecule has 0 aromatic rings. The number of nitrogens with one attached hydrogen (secondary N) is 1. The zero-order chi connectivity index (χ0) is 43.1. The van der Waals surface area contributed by atoms with E-state index in [0.717, 1.165) is 77.4 Å². The fourth-order valence-electron chi connectivity index (χ4n) is 16.5. The summed E-state index contributed by atoms with van der Waals surface area (Å²) in [4.78, 5) is 43.1. The van der Waals surface area contributed by atoms with Crippen molar-refractivity contribution in [2.75, 3.05) is 40.0 Å². The van der Waals surface area contributed by atoms with E-state index in [9.17, 15) is 14.7 Å². The minimum atomic E-state index is -0.812. The lowest BCUT2D eigenvalue weighted by Gasteiger charge is -2.73. The number of hydrogen-bond acceptors (Lipinski definition) is 7. The summed E-state index contributed by atoms with van der Waals surface area (Å²) in [6.07, 6.45) is 13.5. The van der Waals surface area contributed by atoms with Gasteiger partial charge in [0.1, 0.15) is 6.10 Å². The lowest BCUT2D eigenvalue weighted by molar-refractivity contribution is -0.252. The number of methoxy groups -OCH3 is 1. The van der Waals surface area contributed by atoms with Crippen molar-refractivity contribution in [1.82, 2.24) is 10.2 Å². The molecule has 12 atom stereocenters. The number of carbonyl (C=O) groups excluding carboxylic acids is 2. The van der Waals surface area contributed by atoms with Crippen molar-refractivity contribution in [2.24, 2.45) is 79.8 Å². The number of nitrogens with zero attached hydrogens (tertiary/aromatic N) is 1. The van der Waals surface area contributed by atoms with Crippen LogP contribution in [0.15, 0.2) is 0 Å². The van der Waals surface area contributed by atoms with E-state index in [-0.39, 0.29) is 50.6 Å². The number of amides is 1. The molecule has 59 heavy (non-hydrogen) atoms. The van der Waals surface area contributed by atoms with Gasteiger partial charge in [-0.2, -0.15) is 0 Å². The van der Waals surface area contributed by atoms with Crippen LogP contribution in [0.5, 0.6) is 0 Å². The lowest BCUT2D eigenvalue weighted by Crippen LogP contribution is -2.68. The molecule has 2 N–H and O–H groups in total. The second kappa shape index (κ2) is 15.8. The van der Waals surface area contributed by atoms with Gasteiger partial charge in [0.2, 0.25) is 5.91 Å². The fraction of sp³-hybridized carbons (Fsp3) is 0.940. The Morgan fingerprint density at radius 2 is 1.47 bits per heavy atom. The maximum absolute atomic E-state index is 15.1. The standard InChI is InChI=1S/C50H84N2O7/c1-31(2)33-15-22-50(43(56)51-44(3,4)30-52-25-18-32(19-26-52)58-28-27-57-12)24-23-48(10)34(40(33)50)13-14-38-47(9)20-17-39(46(7,8)37(47)16-21-49(38,48)11)59-42(55)36-29-35(41(53)54)45(36,5)6/h31-40H,13-30H2,1-12H3,(H,51,56)(H,53,54)/t33-,34?,35?,36?,37?,38+,39?,40+,47?,48+,49+,50?/m0/s1. The van der Waals surface area contributed by atoms with Gasteiger partial charge in [0.25, 0.3) is 0 Å². The van der Waals surface area contributed by atoms with Crippen LogP contribution in [0.4, 0.5) is 0 Å². The quantitative estimate of drug-likeness (QED) is 0.148. The van der Waals surface area contributed by atoms with E-state index in [1.165, 1.54) is 19.3 Å². The summed E-state index contributed by atoms with van der Waals surface area (Å²) in [5.74, 6) is 1.56. The van der Waals surface area contributed by atoms with E-state index in [1.807, 2.05) is 13.8 Å². The molecule has 6 aliphatic carbocycles. The van der Waals surface area contributed by atoms with Crippen LogP contribution in [0, 0.1) is 79.8 Å². The zero-order valence-electron chi connectivity index (χ0n) is 39.3. The van der Waals surface area contributed by atoms with Crippen LogP contribution in [0.1, 0.15) is 160 Å². The SMILES string of the molecule is COCCOC1CCN(CC(C)(C)NC(=O)C23CC[C@@H](C(C)C)[C@@H]2C2CC[C@@H]4C5(C)CCC(OC(=O)C6CC(C(=O)O)C6(C)C)C(C)(C)C5CC[C@@]4(C)[C@]2(C)CC3)CC1. The highest BCUT2D eigenvalue weighted by atomic mass is 16.5. The first kappa shape index (κ1) is 45.3. The molecule has 7 rings (SSSR count). The first-order valence-electron chi connectivity index (χ1n) is 24.1. The molecule has 7 aliphatic rings. The Balaban J connectivity index is 1.06. The molecule has 336 valence electrons. The maximum atomic E-state index is 15.1. The summed E-state index contributed by atoms with van der Waals surface area (Å²) in [5.41, 5.74) is -0.897. The Hall–Kier alpha value is -1.71. The van der Waals surface area contributed by atoms with Gasteiger partial charge in [-0.3, -0.25) is 14.4 Å². The lowest BCUT2D eigenvalue weighted by atomic mass is 9.32. The van der Waals surface area contributed by atoms with E-state index in [0.29, 0.717) is 67.2 Å². The first-order chi connectivity index (χ1) is 27.5. The van der Waals surface area contributed by atoms with Crippen LogP contribution in [-0.2, 0) is 28.6 Å². The third kappa shape index (κ3) is 7.35. The average molecular weight is 825 g/mol. The molecule has 1 saturated heterocycles. The van der Waals surface area contributed by atoms with Crippen LogP contribution in [0.2, 0.25) is 0 Å². The first-order valence-corrected chi connectivity index (χ1v) is 24.1. The highest BCUT2D eigenvalue weighted by Crippen LogP contribution is 2.77. The van der Waals surface area contributed by atoms with Gasteiger partial charge in [-0.05, 0) is 154 Å². The Morgan fingerprint density at radius 3 is 2.10 bits per heavy atom. The topological polar surface area (TPSA) is 114 Å². The summed E-state index contributed by atoms with van der Waals surface area (Å²) >= 11 is 0. The highest BCUT2D eigenvalue weighted by molar-refractivity contribution is 5.84. The minimum Gasteiger partial charge on any atom is -0.481 e. The van der Waals surface area contributed by atoms with Crippen LogP contribution in [-0.4, -0.2) is 85.6 Å². The fourth-order valence-corrected chi connectivity index (χ4v) is 16.5. The Bertz CT molecular complexity index is 1580. The van der Waals surface area contributed by atoms with E-state index < -0.39 is 17.3 Å². The maximum Gasteiger partial charge on any atom is 0.309 e. The number of carboxylic acid groups (broad SMARTS) is 1. The molecule has 9 heteroatoms. The van der Waals surface area contributed by atoms with Gasteiger partial charge in [-0.25, -0.2) is 0 Å². The number of aliphatic carboxylic acids is 1. The third-order valence-corrected chi connectivity index (χ3v) is 20.1. The molecular weight excluding hydrogens is 741 g/mol. The second-order valence-electron chi connectivity index (χ2n) is 24.3. The van der Waals surface area contributed by atoms with Gasteiger partial charge >= 0.3 is 11.9 Å². The van der Waals surface area contributed by atoms with Crippen LogP contribution in [0.3, 0.4) is 0 Å². The number of carboxylic acids is 1. The molecule has 0 radical (unpaired) electrons. The summed E-state index contributed by atoms with van der Waals surface area (Å²) < 4.78 is 17.7. The normalized spacial score (nSPS) is 43.1. The number of carbonyl (C=O) groups is 3. The average Bonchev–Trinajstić information content (AvgIpc) is 3.55. The molecule has 0 bridgehead atoms. The van der Waals surface area contributed by atoms with Gasteiger partial charge in [-0.15, -0.1) is 0 Å². The monoisotopic (exact) mass is 825 g/mol. The second-order valence-corrected chi connectivity index (χ2v) is 24.3. The third-order valence-electron chi connectivity index (χ3n) is 20.1. The number of piperidine rings is 1. The molecule has 1 aliphatic heterocycles. The van der Waals surface area contributed by atoms with Crippen LogP contribution in [0.25, 0.3) is 0 Å². The number of hydrogen-bond donors (Lipinski definition) is 2. The van der Waals surface area contributed by atoms with Crippen molar-refractivity contribution in [3.05, 3.63) is 0 Å². The smallest absolute Gasteiger partial charge is 0.309 e. The molecule has 7 fully saturated rings. The molecule has 0 aromatic carbocycles. The van der Waals surface area contributed by atoms with Crippen molar-refractivity contribution >= 4 is 17.8 Å². The zero-order valence-corrected chi connectivity index (χ0v) is 39.3. The largest absolute Gasteiger partial charge is 0.481 e. The predicted octanol–water partition coefficient (Wildman–Crippen LogP) is 9.40. The Kier molecular flexibility index (Phi) is 12.2. The van der Waals surface area contributed by atoms with Gasteiger partial charge in [0, 0.05) is 37.7 Å². The van der Waals surface area contributed by atoms with E-state index in [4.69, 9.17) is 14.2 Å². The number of likely N-dealkylation sites (tertiary alicyclic amines) is 1. The molecule has 1 amide bonds. The van der Waals surface area contributed by atoms with E-state index in [2.05, 4.69) is 72.5 Å². The minimum absolute atomic E-state index is 0.144. The molecule has 0 spiro atoms. The van der Waals surface area contributed by atoms with Crippen LogP contribution < -0.4 is 5.32 Å². The van der Waals surface area contributed by atoms with Crippen molar-refractivity contribution in [3.8, 4) is 0 Å². The molecule has 6 saturated carbocycles. The number of ether oxygens (including phenoxy) is 3. The summed E-state index contributed by atoms with van der Waals surface area (Å²) in [7, 11) is 1.72. The van der Waals surface area contributed by atoms with Gasteiger partial charge in [-0.1, -0.05) is 62.3 Å². The summed E-state index contributed by atoms with van der Waals surface area (Å²) in [6.45, 7) is 29.9. The van der Waals surface area contributed by atoms with Gasteiger partial charge in [0.15, 0.2) is 0 Å². The van der Waals surface area contributed by atoms with Gasteiger partial charge < -0.3 is 29.5 Å². The summed E-state index contributed by atoms with van der Waals surface area (Å²) in [5, 5.41) is 13.4. The predicted molar refractivity (Wildman–Crippen MR) is 231 cm³/mol. The van der Waals surface area contributed by atoms with E-state index >= 15 is 4.79 Å². The highest BCUT2D eigenvalue weighted by Gasteiger charge is 2.72. The molecule has 1 heterocycles. The van der Waals surface area contributed by atoms with E-state index in [1.54, 1.807) is 7.11 Å². The van der Waals surface area contributed by atoms with Crippen molar-refractivity contribution in [2.45, 2.75) is 177 Å². The molecule has 0 aromatic heterocycles. The molecule has 9 nitrogen and oxygen atoms in total. The van der Waals surface area contributed by atoms with Crippen molar-refractivity contribution < 1.29 is 33.7 Å².